The zero-order chi connectivity index (χ0) is 14.1. The maximum atomic E-state index is 6.14. The van der Waals surface area contributed by atoms with Crippen molar-refractivity contribution in [1.29, 1.82) is 0 Å². The lowest BCUT2D eigenvalue weighted by Crippen LogP contribution is -2.05. The van der Waals surface area contributed by atoms with Gasteiger partial charge in [-0.2, -0.15) is 0 Å². The first-order valence-electron chi connectivity index (χ1n) is 6.59. The molecule has 3 rings (SSSR count). The maximum Gasteiger partial charge on any atom is 0.120 e. The summed E-state index contributed by atoms with van der Waals surface area (Å²) in [6.07, 6.45) is 2.03. The third-order valence-corrected chi connectivity index (χ3v) is 4.52. The molecule has 0 bridgehead atoms. The van der Waals surface area contributed by atoms with Crippen LogP contribution in [0.3, 0.4) is 0 Å². The van der Waals surface area contributed by atoms with Crippen LogP contribution in [0.15, 0.2) is 36.4 Å². The first kappa shape index (κ1) is 13.7. The van der Waals surface area contributed by atoms with Gasteiger partial charge in [-0.25, -0.2) is 0 Å². The minimum Gasteiger partial charge on any atom is -0.489 e. The molecule has 0 saturated carbocycles. The molecule has 0 spiro atoms. The van der Waals surface area contributed by atoms with Crippen LogP contribution in [0.1, 0.15) is 29.2 Å². The van der Waals surface area contributed by atoms with Crippen molar-refractivity contribution in [3.63, 3.8) is 0 Å². The monoisotopic (exact) mass is 307 g/mol. The molecule has 1 atom stereocenters. The van der Waals surface area contributed by atoms with Gasteiger partial charge in [-0.3, -0.25) is 0 Å². The summed E-state index contributed by atoms with van der Waals surface area (Å²) >= 11 is 12.1. The zero-order valence-electron chi connectivity index (χ0n) is 10.9. The van der Waals surface area contributed by atoms with Gasteiger partial charge in [0.2, 0.25) is 0 Å². The number of aryl methyl sites for hydroxylation is 1. The van der Waals surface area contributed by atoms with E-state index in [4.69, 9.17) is 33.7 Å². The highest BCUT2D eigenvalue weighted by Crippen LogP contribution is 2.32. The molecule has 2 aromatic carbocycles. The molecular formula is C16H15Cl2NO. The molecule has 1 aliphatic rings. The van der Waals surface area contributed by atoms with Gasteiger partial charge in [-0.1, -0.05) is 41.4 Å². The van der Waals surface area contributed by atoms with E-state index in [-0.39, 0.29) is 6.04 Å². The molecule has 0 aliphatic heterocycles. The van der Waals surface area contributed by atoms with E-state index in [2.05, 4.69) is 12.1 Å². The molecule has 0 unspecified atom stereocenters. The molecular weight excluding hydrogens is 293 g/mol. The third kappa shape index (κ3) is 2.64. The first-order valence-corrected chi connectivity index (χ1v) is 7.35. The fraction of sp³-hybridized carbons (Fsp3) is 0.250. The maximum absolute atomic E-state index is 6.14. The van der Waals surface area contributed by atoms with Crippen molar-refractivity contribution in [2.45, 2.75) is 25.5 Å². The van der Waals surface area contributed by atoms with Gasteiger partial charge in [0.25, 0.3) is 0 Å². The van der Waals surface area contributed by atoms with Crippen molar-refractivity contribution in [2.75, 3.05) is 0 Å². The Balaban J connectivity index is 1.74. The van der Waals surface area contributed by atoms with E-state index in [0.717, 1.165) is 24.2 Å². The number of hydrogen-bond acceptors (Lipinski definition) is 2. The quantitative estimate of drug-likeness (QED) is 0.905. The van der Waals surface area contributed by atoms with Gasteiger partial charge in [-0.05, 0) is 42.2 Å². The molecule has 104 valence electrons. The molecule has 0 aromatic heterocycles. The van der Waals surface area contributed by atoms with E-state index in [1.165, 1.54) is 11.1 Å². The summed E-state index contributed by atoms with van der Waals surface area (Å²) in [6, 6.07) is 11.8. The average molecular weight is 308 g/mol. The zero-order valence-corrected chi connectivity index (χ0v) is 12.4. The minimum atomic E-state index is 0.168. The van der Waals surface area contributed by atoms with Crippen LogP contribution >= 0.6 is 23.2 Å². The van der Waals surface area contributed by atoms with Crippen molar-refractivity contribution in [2.24, 2.45) is 5.73 Å². The fourth-order valence-electron chi connectivity index (χ4n) is 2.54. The molecule has 2 nitrogen and oxygen atoms in total. The normalized spacial score (nSPS) is 17.1. The van der Waals surface area contributed by atoms with Gasteiger partial charge >= 0.3 is 0 Å². The molecule has 20 heavy (non-hydrogen) atoms. The Morgan fingerprint density at radius 3 is 2.90 bits per heavy atom. The first-order chi connectivity index (χ1) is 9.65. The number of benzene rings is 2. The smallest absolute Gasteiger partial charge is 0.120 e. The number of halogens is 2. The molecule has 4 heteroatoms. The molecule has 0 heterocycles. The number of ether oxygens (including phenoxy) is 1. The number of fused-ring (bicyclic) bond motifs is 1. The fourth-order valence-corrected chi connectivity index (χ4v) is 2.91. The van der Waals surface area contributed by atoms with Crippen LogP contribution in [0.4, 0.5) is 0 Å². The van der Waals surface area contributed by atoms with Crippen LogP contribution < -0.4 is 10.5 Å². The van der Waals surface area contributed by atoms with E-state index in [1.807, 2.05) is 18.2 Å². The number of nitrogens with two attached hydrogens (primary N) is 1. The van der Waals surface area contributed by atoms with Crippen LogP contribution in [0, 0.1) is 0 Å². The third-order valence-electron chi connectivity index (χ3n) is 3.66. The SMILES string of the molecule is N[C@@H]1CCc2cc(OCc3cccc(Cl)c3Cl)ccc21. The summed E-state index contributed by atoms with van der Waals surface area (Å²) in [5.41, 5.74) is 9.43. The molecule has 2 aromatic rings. The standard InChI is InChI=1S/C16H15Cl2NO/c17-14-3-1-2-11(16(14)18)9-20-12-5-6-13-10(8-12)4-7-15(13)19/h1-3,5-6,8,15H,4,7,9,19H2/t15-/m1/s1. The molecule has 2 N–H and O–H groups in total. The van der Waals surface area contributed by atoms with Crippen molar-refractivity contribution in [1.82, 2.24) is 0 Å². The van der Waals surface area contributed by atoms with Gasteiger partial charge < -0.3 is 10.5 Å². The van der Waals surface area contributed by atoms with Gasteiger partial charge in [-0.15, -0.1) is 0 Å². The summed E-state index contributed by atoms with van der Waals surface area (Å²) in [5, 5.41) is 1.10. The van der Waals surface area contributed by atoms with E-state index in [0.29, 0.717) is 16.7 Å². The highest BCUT2D eigenvalue weighted by atomic mass is 35.5. The van der Waals surface area contributed by atoms with Crippen LogP contribution in [0.25, 0.3) is 0 Å². The van der Waals surface area contributed by atoms with E-state index >= 15 is 0 Å². The van der Waals surface area contributed by atoms with E-state index in [9.17, 15) is 0 Å². The Bertz CT molecular complexity index is 642. The van der Waals surface area contributed by atoms with Gasteiger partial charge in [0.1, 0.15) is 12.4 Å². The van der Waals surface area contributed by atoms with Gasteiger partial charge in [0.05, 0.1) is 10.0 Å². The molecule has 1 aliphatic carbocycles. The second-order valence-corrected chi connectivity index (χ2v) is 5.79. The summed E-state index contributed by atoms with van der Waals surface area (Å²) in [5.74, 6) is 0.842. The predicted molar refractivity (Wildman–Crippen MR) is 82.5 cm³/mol. The van der Waals surface area contributed by atoms with Crippen molar-refractivity contribution < 1.29 is 4.74 Å². The Morgan fingerprint density at radius 2 is 2.05 bits per heavy atom. The van der Waals surface area contributed by atoms with E-state index in [1.54, 1.807) is 6.07 Å². The largest absolute Gasteiger partial charge is 0.489 e. The Hall–Kier alpha value is -1.22. The summed E-state index contributed by atoms with van der Waals surface area (Å²) in [4.78, 5) is 0. The second-order valence-electron chi connectivity index (χ2n) is 5.01. The Morgan fingerprint density at radius 1 is 1.20 bits per heavy atom. The topological polar surface area (TPSA) is 35.2 Å². The van der Waals surface area contributed by atoms with Crippen molar-refractivity contribution >= 4 is 23.2 Å². The lowest BCUT2D eigenvalue weighted by molar-refractivity contribution is 0.306. The molecule has 0 saturated heterocycles. The summed E-state index contributed by atoms with van der Waals surface area (Å²) in [7, 11) is 0. The second kappa shape index (κ2) is 5.65. The lowest BCUT2D eigenvalue weighted by atomic mass is 10.1. The van der Waals surface area contributed by atoms with Crippen LogP contribution in [0.5, 0.6) is 5.75 Å². The average Bonchev–Trinajstić information content (AvgIpc) is 2.82. The van der Waals surface area contributed by atoms with Crippen LogP contribution in [-0.2, 0) is 13.0 Å². The Kier molecular flexibility index (Phi) is 3.88. The minimum absolute atomic E-state index is 0.168. The Labute approximate surface area is 128 Å². The van der Waals surface area contributed by atoms with Crippen molar-refractivity contribution in [3.05, 3.63) is 63.1 Å². The summed E-state index contributed by atoms with van der Waals surface area (Å²) < 4.78 is 5.80. The van der Waals surface area contributed by atoms with Crippen molar-refractivity contribution in [3.8, 4) is 5.75 Å². The van der Waals surface area contributed by atoms with Crippen LogP contribution in [-0.4, -0.2) is 0 Å². The van der Waals surface area contributed by atoms with Gasteiger partial charge in [0, 0.05) is 11.6 Å². The lowest BCUT2D eigenvalue weighted by Gasteiger charge is -2.11. The van der Waals surface area contributed by atoms with Crippen LogP contribution in [0.2, 0.25) is 10.0 Å². The highest BCUT2D eigenvalue weighted by molar-refractivity contribution is 6.42. The predicted octanol–water partition coefficient (Wildman–Crippen LogP) is 4.52. The molecule has 0 radical (unpaired) electrons. The highest BCUT2D eigenvalue weighted by Gasteiger charge is 2.19. The number of hydrogen-bond donors (Lipinski definition) is 1. The van der Waals surface area contributed by atoms with E-state index < -0.39 is 0 Å². The summed E-state index contributed by atoms with van der Waals surface area (Å²) in [6.45, 7) is 0.407. The number of rotatable bonds is 3. The molecule has 0 fully saturated rings. The molecule has 0 amide bonds. The van der Waals surface area contributed by atoms with Gasteiger partial charge in [0.15, 0.2) is 0 Å².